The lowest BCUT2D eigenvalue weighted by molar-refractivity contribution is -0.0387. The van der Waals surface area contributed by atoms with Crippen LogP contribution in [-0.2, 0) is 17.8 Å². The highest BCUT2D eigenvalue weighted by Gasteiger charge is 2.33. The number of aromatic nitrogens is 1. The van der Waals surface area contributed by atoms with Crippen molar-refractivity contribution in [2.24, 2.45) is 5.92 Å². The van der Waals surface area contributed by atoms with Crippen LogP contribution in [0.5, 0.6) is 5.75 Å². The van der Waals surface area contributed by atoms with E-state index in [-0.39, 0.29) is 36.3 Å². The highest BCUT2D eigenvalue weighted by atomic mass is 16.5. The molecule has 1 unspecified atom stereocenters. The number of aromatic carboxylic acids is 1. The van der Waals surface area contributed by atoms with Crippen LogP contribution in [0.3, 0.4) is 0 Å². The van der Waals surface area contributed by atoms with E-state index in [0.717, 1.165) is 24.0 Å². The maximum atomic E-state index is 12.4. The third-order valence-electron chi connectivity index (χ3n) is 6.28. The van der Waals surface area contributed by atoms with Crippen molar-refractivity contribution in [2.75, 3.05) is 7.11 Å². The second kappa shape index (κ2) is 7.89. The van der Waals surface area contributed by atoms with Gasteiger partial charge in [-0.15, -0.1) is 0 Å². The van der Waals surface area contributed by atoms with Crippen molar-refractivity contribution < 1.29 is 24.5 Å². The van der Waals surface area contributed by atoms with E-state index < -0.39 is 11.4 Å². The molecule has 2 heterocycles. The lowest BCUT2D eigenvalue weighted by Gasteiger charge is -2.36. The summed E-state index contributed by atoms with van der Waals surface area (Å²) in [5.41, 5.74) is 2.45. The summed E-state index contributed by atoms with van der Waals surface area (Å²) >= 11 is 0. The SMILES string of the molecule is COC1CC(Oc2cc3c(cc2CO)-c2cc(=O)c(C(=O)O)cn2C(C(C)C)C3)C1. The van der Waals surface area contributed by atoms with Crippen LogP contribution in [-0.4, -0.2) is 40.1 Å². The van der Waals surface area contributed by atoms with E-state index in [4.69, 9.17) is 9.47 Å². The van der Waals surface area contributed by atoms with Crippen LogP contribution in [0.25, 0.3) is 11.3 Å². The molecule has 1 fully saturated rings. The molecule has 1 aliphatic carbocycles. The number of benzene rings is 1. The Bertz CT molecular complexity index is 1030. The fraction of sp³-hybridized carbons (Fsp3) is 0.478. The first-order valence-corrected chi connectivity index (χ1v) is 10.3. The summed E-state index contributed by atoms with van der Waals surface area (Å²) in [5, 5.41) is 19.3. The molecule has 0 radical (unpaired) electrons. The average Bonchev–Trinajstić information content (AvgIpc) is 2.68. The molecular weight excluding hydrogens is 386 g/mol. The Labute approximate surface area is 174 Å². The molecule has 0 amide bonds. The number of hydrogen-bond acceptors (Lipinski definition) is 5. The molecule has 160 valence electrons. The van der Waals surface area contributed by atoms with Gasteiger partial charge < -0.3 is 24.3 Å². The summed E-state index contributed by atoms with van der Waals surface area (Å²) in [6.45, 7) is 3.97. The van der Waals surface area contributed by atoms with Crippen LogP contribution < -0.4 is 10.2 Å². The number of hydrogen-bond donors (Lipinski definition) is 2. The Kier molecular flexibility index (Phi) is 5.42. The number of carboxylic acid groups (broad SMARTS) is 1. The Hall–Kier alpha value is -2.64. The van der Waals surface area contributed by atoms with E-state index in [2.05, 4.69) is 13.8 Å². The van der Waals surface area contributed by atoms with Gasteiger partial charge in [0.25, 0.3) is 0 Å². The number of ether oxygens (including phenoxy) is 2. The largest absolute Gasteiger partial charge is 0.490 e. The van der Waals surface area contributed by atoms with E-state index in [9.17, 15) is 19.8 Å². The van der Waals surface area contributed by atoms with Gasteiger partial charge in [0.1, 0.15) is 17.4 Å². The maximum absolute atomic E-state index is 12.4. The van der Waals surface area contributed by atoms with E-state index >= 15 is 0 Å². The quantitative estimate of drug-likeness (QED) is 0.756. The first-order valence-electron chi connectivity index (χ1n) is 10.3. The lowest BCUT2D eigenvalue weighted by atomic mass is 9.86. The van der Waals surface area contributed by atoms with Crippen LogP contribution in [0.1, 0.15) is 54.2 Å². The predicted molar refractivity (Wildman–Crippen MR) is 111 cm³/mol. The summed E-state index contributed by atoms with van der Waals surface area (Å²) in [7, 11) is 1.69. The summed E-state index contributed by atoms with van der Waals surface area (Å²) in [4.78, 5) is 23.9. The van der Waals surface area contributed by atoms with Gasteiger partial charge in [-0.2, -0.15) is 0 Å². The fourth-order valence-electron chi connectivity index (χ4n) is 4.37. The van der Waals surface area contributed by atoms with Crippen molar-refractivity contribution in [1.29, 1.82) is 0 Å². The van der Waals surface area contributed by atoms with Gasteiger partial charge in [0, 0.05) is 49.4 Å². The molecule has 30 heavy (non-hydrogen) atoms. The zero-order chi connectivity index (χ0) is 21.6. The average molecular weight is 413 g/mol. The minimum absolute atomic E-state index is 0.0144. The van der Waals surface area contributed by atoms with E-state index in [0.29, 0.717) is 23.4 Å². The number of carboxylic acids is 1. The zero-order valence-corrected chi connectivity index (χ0v) is 17.4. The first kappa shape index (κ1) is 20.6. The molecule has 7 nitrogen and oxygen atoms in total. The number of aliphatic hydroxyl groups excluding tert-OH is 1. The van der Waals surface area contributed by atoms with Gasteiger partial charge in [0.2, 0.25) is 0 Å². The van der Waals surface area contributed by atoms with E-state index in [1.54, 1.807) is 7.11 Å². The molecule has 0 saturated heterocycles. The molecule has 1 atom stereocenters. The molecule has 2 aromatic rings. The van der Waals surface area contributed by atoms with Crippen LogP contribution in [0.15, 0.2) is 29.2 Å². The fourth-order valence-corrected chi connectivity index (χ4v) is 4.37. The molecule has 2 N–H and O–H groups in total. The molecule has 0 bridgehead atoms. The molecule has 1 aromatic heterocycles. The molecule has 1 aromatic carbocycles. The van der Waals surface area contributed by atoms with Crippen LogP contribution in [0.4, 0.5) is 0 Å². The Balaban J connectivity index is 1.79. The Morgan fingerprint density at radius 1 is 1.23 bits per heavy atom. The van der Waals surface area contributed by atoms with Crippen molar-refractivity contribution in [3.8, 4) is 17.0 Å². The van der Waals surface area contributed by atoms with Gasteiger partial charge in [-0.3, -0.25) is 4.79 Å². The van der Waals surface area contributed by atoms with Crippen LogP contribution in [0.2, 0.25) is 0 Å². The number of carbonyl (C=O) groups is 1. The van der Waals surface area contributed by atoms with Gasteiger partial charge >= 0.3 is 5.97 Å². The zero-order valence-electron chi connectivity index (χ0n) is 17.4. The molecule has 2 aliphatic rings. The first-order chi connectivity index (χ1) is 14.3. The minimum atomic E-state index is -1.22. The van der Waals surface area contributed by atoms with Crippen LogP contribution in [0, 0.1) is 5.92 Å². The smallest absolute Gasteiger partial charge is 0.341 e. The number of rotatable bonds is 6. The summed E-state index contributed by atoms with van der Waals surface area (Å²) in [6.07, 6.45) is 4.08. The second-order valence-corrected chi connectivity index (χ2v) is 8.51. The van der Waals surface area contributed by atoms with Crippen molar-refractivity contribution in [1.82, 2.24) is 4.57 Å². The maximum Gasteiger partial charge on any atom is 0.341 e. The molecule has 0 spiro atoms. The Morgan fingerprint density at radius 2 is 1.97 bits per heavy atom. The van der Waals surface area contributed by atoms with Gasteiger partial charge in [-0.05, 0) is 30.0 Å². The third kappa shape index (κ3) is 3.52. The topological polar surface area (TPSA) is 98.0 Å². The number of nitrogens with zero attached hydrogens (tertiary/aromatic N) is 1. The summed E-state index contributed by atoms with van der Waals surface area (Å²) in [6, 6.07) is 5.24. The standard InChI is InChI=1S/C23H27NO6/c1-12(2)19-5-13-6-22(30-16-7-15(8-16)29-3)14(11-25)4-17(13)20-9-21(26)18(23(27)28)10-24(19)20/h4,6,9-10,12,15-16,19,25H,5,7-8,11H2,1-3H3,(H,27,28). The molecular formula is C23H27NO6. The van der Waals surface area contributed by atoms with Crippen LogP contribution >= 0.6 is 0 Å². The van der Waals surface area contributed by atoms with Gasteiger partial charge in [0.05, 0.1) is 18.4 Å². The summed E-state index contributed by atoms with van der Waals surface area (Å²) < 4.78 is 13.4. The molecule has 7 heteroatoms. The molecule has 1 aliphatic heterocycles. The van der Waals surface area contributed by atoms with Crippen molar-refractivity contribution in [2.45, 2.75) is 58.0 Å². The number of aliphatic hydroxyl groups is 1. The van der Waals surface area contributed by atoms with Gasteiger partial charge in [0.15, 0.2) is 5.43 Å². The minimum Gasteiger partial charge on any atom is -0.490 e. The molecule has 4 rings (SSSR count). The number of methoxy groups -OCH3 is 1. The predicted octanol–water partition coefficient (Wildman–Crippen LogP) is 3.02. The lowest BCUT2D eigenvalue weighted by Crippen LogP contribution is -2.39. The van der Waals surface area contributed by atoms with E-state index in [1.165, 1.54) is 12.3 Å². The Morgan fingerprint density at radius 3 is 2.57 bits per heavy atom. The van der Waals surface area contributed by atoms with Gasteiger partial charge in [-0.25, -0.2) is 4.79 Å². The van der Waals surface area contributed by atoms with Crippen molar-refractivity contribution in [3.63, 3.8) is 0 Å². The highest BCUT2D eigenvalue weighted by Crippen LogP contribution is 2.41. The number of pyridine rings is 1. The third-order valence-corrected chi connectivity index (χ3v) is 6.28. The second-order valence-electron chi connectivity index (χ2n) is 8.51. The summed E-state index contributed by atoms with van der Waals surface area (Å²) in [5.74, 6) is -0.327. The normalized spacial score (nSPS) is 22.2. The highest BCUT2D eigenvalue weighted by molar-refractivity contribution is 5.87. The monoisotopic (exact) mass is 413 g/mol. The van der Waals surface area contributed by atoms with E-state index in [1.807, 2.05) is 16.7 Å². The van der Waals surface area contributed by atoms with Gasteiger partial charge in [-0.1, -0.05) is 13.8 Å². The van der Waals surface area contributed by atoms with Crippen molar-refractivity contribution >= 4 is 5.97 Å². The molecule has 1 saturated carbocycles. The number of fused-ring (bicyclic) bond motifs is 3. The van der Waals surface area contributed by atoms with Crippen molar-refractivity contribution in [3.05, 3.63) is 51.3 Å².